The molecule has 2 saturated carbocycles. The van der Waals surface area contributed by atoms with Gasteiger partial charge in [0.1, 0.15) is 5.82 Å². The summed E-state index contributed by atoms with van der Waals surface area (Å²) in [7, 11) is 4.19. The van der Waals surface area contributed by atoms with Crippen molar-refractivity contribution in [3.63, 3.8) is 0 Å². The molecule has 2 aliphatic rings. The lowest BCUT2D eigenvalue weighted by atomic mass is 9.78. The number of fused-ring (bicyclic) bond motifs is 1. The van der Waals surface area contributed by atoms with E-state index in [4.69, 9.17) is 0 Å². The Bertz CT molecular complexity index is 386. The normalized spacial score (nSPS) is 34.9. The van der Waals surface area contributed by atoms with Gasteiger partial charge >= 0.3 is 0 Å². The van der Waals surface area contributed by atoms with Crippen LogP contribution in [-0.2, 0) is 13.5 Å². The van der Waals surface area contributed by atoms with Gasteiger partial charge in [0, 0.05) is 32.4 Å². The standard InChI is InChI=1S/C14H23N3/c1-15-10-14(8-11-7-12(11)9-14)4-3-13-16-5-6-17(13)2/h5-6,11-12,15H,3-4,7-10H2,1-2H3. The van der Waals surface area contributed by atoms with Crippen LogP contribution in [-0.4, -0.2) is 23.1 Å². The minimum Gasteiger partial charge on any atom is -0.338 e. The molecule has 3 rings (SSSR count). The van der Waals surface area contributed by atoms with Crippen LogP contribution >= 0.6 is 0 Å². The fraction of sp³-hybridized carbons (Fsp3) is 0.786. The summed E-state index contributed by atoms with van der Waals surface area (Å²) >= 11 is 0. The maximum atomic E-state index is 4.44. The van der Waals surface area contributed by atoms with E-state index in [0.29, 0.717) is 5.41 Å². The molecule has 2 aliphatic carbocycles. The van der Waals surface area contributed by atoms with Crippen molar-refractivity contribution in [1.82, 2.24) is 14.9 Å². The first-order valence-electron chi connectivity index (χ1n) is 6.83. The van der Waals surface area contributed by atoms with Crippen molar-refractivity contribution in [2.45, 2.75) is 32.1 Å². The fourth-order valence-corrected chi connectivity index (χ4v) is 3.83. The summed E-state index contributed by atoms with van der Waals surface area (Å²) in [5, 5.41) is 3.41. The summed E-state index contributed by atoms with van der Waals surface area (Å²) in [6.07, 6.45) is 10.8. The molecule has 0 spiro atoms. The van der Waals surface area contributed by atoms with Crippen LogP contribution in [0.1, 0.15) is 31.5 Å². The Balaban J connectivity index is 1.63. The van der Waals surface area contributed by atoms with E-state index >= 15 is 0 Å². The van der Waals surface area contributed by atoms with Crippen molar-refractivity contribution >= 4 is 0 Å². The van der Waals surface area contributed by atoms with Crippen molar-refractivity contribution in [1.29, 1.82) is 0 Å². The lowest BCUT2D eigenvalue weighted by Gasteiger charge is -2.30. The second-order valence-electron chi connectivity index (χ2n) is 6.15. The van der Waals surface area contributed by atoms with E-state index in [1.165, 1.54) is 38.1 Å². The zero-order valence-electron chi connectivity index (χ0n) is 10.9. The Labute approximate surface area is 104 Å². The van der Waals surface area contributed by atoms with Crippen molar-refractivity contribution in [2.75, 3.05) is 13.6 Å². The van der Waals surface area contributed by atoms with E-state index < -0.39 is 0 Å². The lowest BCUT2D eigenvalue weighted by molar-refractivity contribution is 0.234. The summed E-state index contributed by atoms with van der Waals surface area (Å²) < 4.78 is 2.16. The predicted octanol–water partition coefficient (Wildman–Crippen LogP) is 1.99. The number of nitrogens with one attached hydrogen (secondary N) is 1. The minimum atomic E-state index is 0.564. The van der Waals surface area contributed by atoms with E-state index in [0.717, 1.165) is 18.3 Å². The second kappa shape index (κ2) is 4.13. The maximum Gasteiger partial charge on any atom is 0.108 e. The van der Waals surface area contributed by atoms with Gasteiger partial charge in [-0.1, -0.05) is 0 Å². The topological polar surface area (TPSA) is 29.9 Å². The summed E-state index contributed by atoms with van der Waals surface area (Å²) in [6, 6.07) is 0. The molecule has 0 amide bonds. The van der Waals surface area contributed by atoms with E-state index in [9.17, 15) is 0 Å². The zero-order chi connectivity index (χ0) is 11.9. The van der Waals surface area contributed by atoms with Crippen molar-refractivity contribution in [3.05, 3.63) is 18.2 Å². The fourth-order valence-electron chi connectivity index (χ4n) is 3.83. The molecule has 2 atom stereocenters. The first-order valence-corrected chi connectivity index (χ1v) is 6.83. The molecule has 3 nitrogen and oxygen atoms in total. The highest BCUT2D eigenvalue weighted by molar-refractivity contribution is 5.05. The molecule has 0 bridgehead atoms. The molecule has 1 aromatic rings. The molecule has 2 fully saturated rings. The van der Waals surface area contributed by atoms with Gasteiger partial charge in [0.05, 0.1) is 0 Å². The van der Waals surface area contributed by atoms with Gasteiger partial charge in [-0.3, -0.25) is 0 Å². The summed E-state index contributed by atoms with van der Waals surface area (Å²) in [4.78, 5) is 4.44. The smallest absolute Gasteiger partial charge is 0.108 e. The third-order valence-electron chi connectivity index (χ3n) is 4.81. The molecule has 3 heteroatoms. The van der Waals surface area contributed by atoms with Crippen molar-refractivity contribution in [3.8, 4) is 0 Å². The molecule has 0 aliphatic heterocycles. The van der Waals surface area contributed by atoms with E-state index in [1.807, 2.05) is 12.4 Å². The molecular formula is C14H23N3. The third-order valence-corrected chi connectivity index (χ3v) is 4.81. The number of aryl methyl sites for hydroxylation is 2. The second-order valence-corrected chi connectivity index (χ2v) is 6.15. The molecule has 1 N–H and O–H groups in total. The highest BCUT2D eigenvalue weighted by Crippen LogP contribution is 2.61. The molecule has 0 aromatic carbocycles. The van der Waals surface area contributed by atoms with Crippen LogP contribution in [0.5, 0.6) is 0 Å². The van der Waals surface area contributed by atoms with Crippen LogP contribution in [0.25, 0.3) is 0 Å². The predicted molar refractivity (Wildman–Crippen MR) is 68.7 cm³/mol. The molecule has 17 heavy (non-hydrogen) atoms. The van der Waals surface area contributed by atoms with Crippen LogP contribution in [0.2, 0.25) is 0 Å². The molecule has 1 heterocycles. The molecule has 2 unspecified atom stereocenters. The average molecular weight is 233 g/mol. The third kappa shape index (κ3) is 2.13. The van der Waals surface area contributed by atoms with Crippen molar-refractivity contribution in [2.24, 2.45) is 24.3 Å². The van der Waals surface area contributed by atoms with E-state index in [-0.39, 0.29) is 0 Å². The Morgan fingerprint density at radius 3 is 2.82 bits per heavy atom. The molecule has 0 radical (unpaired) electrons. The highest BCUT2D eigenvalue weighted by Gasteiger charge is 2.52. The Morgan fingerprint density at radius 2 is 2.24 bits per heavy atom. The molecule has 0 saturated heterocycles. The molecule has 94 valence electrons. The minimum absolute atomic E-state index is 0.564. The lowest BCUT2D eigenvalue weighted by Crippen LogP contribution is -2.32. The van der Waals surface area contributed by atoms with Crippen LogP contribution in [0.3, 0.4) is 0 Å². The Kier molecular flexibility index (Phi) is 2.74. The van der Waals surface area contributed by atoms with E-state index in [1.54, 1.807) is 0 Å². The number of imidazole rings is 1. The number of rotatable bonds is 5. The Hall–Kier alpha value is -0.830. The monoisotopic (exact) mass is 233 g/mol. The van der Waals surface area contributed by atoms with Crippen LogP contribution in [0, 0.1) is 17.3 Å². The van der Waals surface area contributed by atoms with Gasteiger partial charge in [-0.25, -0.2) is 4.98 Å². The average Bonchev–Trinajstić information content (AvgIpc) is 2.73. The molecular weight excluding hydrogens is 210 g/mol. The number of hydrogen-bond acceptors (Lipinski definition) is 2. The van der Waals surface area contributed by atoms with Crippen LogP contribution in [0.4, 0.5) is 0 Å². The summed E-state index contributed by atoms with van der Waals surface area (Å²) in [5.74, 6) is 3.36. The van der Waals surface area contributed by atoms with Gasteiger partial charge in [-0.15, -0.1) is 0 Å². The quantitative estimate of drug-likeness (QED) is 0.843. The zero-order valence-corrected chi connectivity index (χ0v) is 10.9. The largest absolute Gasteiger partial charge is 0.338 e. The number of hydrogen-bond donors (Lipinski definition) is 1. The maximum absolute atomic E-state index is 4.44. The van der Waals surface area contributed by atoms with Crippen molar-refractivity contribution < 1.29 is 0 Å². The first kappa shape index (κ1) is 11.3. The van der Waals surface area contributed by atoms with Gasteiger partial charge in [-0.05, 0) is 50.0 Å². The summed E-state index contributed by atoms with van der Waals surface area (Å²) in [6.45, 7) is 1.18. The van der Waals surface area contributed by atoms with Gasteiger partial charge in [0.15, 0.2) is 0 Å². The van der Waals surface area contributed by atoms with Crippen LogP contribution < -0.4 is 5.32 Å². The first-order chi connectivity index (χ1) is 8.22. The molecule has 1 aromatic heterocycles. The van der Waals surface area contributed by atoms with Gasteiger partial charge in [-0.2, -0.15) is 0 Å². The van der Waals surface area contributed by atoms with E-state index in [2.05, 4.69) is 29.0 Å². The van der Waals surface area contributed by atoms with Gasteiger partial charge < -0.3 is 9.88 Å². The highest BCUT2D eigenvalue weighted by atomic mass is 15.0. The number of nitrogens with zero attached hydrogens (tertiary/aromatic N) is 2. The Morgan fingerprint density at radius 1 is 1.47 bits per heavy atom. The van der Waals surface area contributed by atoms with Gasteiger partial charge in [0.25, 0.3) is 0 Å². The van der Waals surface area contributed by atoms with Crippen LogP contribution in [0.15, 0.2) is 12.4 Å². The SMILES string of the molecule is CNCC1(CCc2nccn2C)CC2CC2C1. The number of aromatic nitrogens is 2. The van der Waals surface area contributed by atoms with Gasteiger partial charge in [0.2, 0.25) is 0 Å². The summed E-state index contributed by atoms with van der Waals surface area (Å²) in [5.41, 5.74) is 0.564.